The molecule has 128 valence electrons. The number of amides is 1. The first-order valence-electron chi connectivity index (χ1n) is 7.16. The van der Waals surface area contributed by atoms with E-state index < -0.39 is 9.85 Å². The molecule has 0 aliphatic carbocycles. The molecule has 0 N–H and O–H groups in total. The molecule has 0 radical (unpaired) electrons. The number of thiophene rings is 1. The highest BCUT2D eigenvalue weighted by atomic mass is 32.1. The Bertz CT molecular complexity index is 949. The summed E-state index contributed by atoms with van der Waals surface area (Å²) in [6, 6.07) is 6.01. The van der Waals surface area contributed by atoms with Gasteiger partial charge in [-0.25, -0.2) is 0 Å². The van der Waals surface area contributed by atoms with Crippen LogP contribution in [0.2, 0.25) is 0 Å². The minimum Gasteiger partial charge on any atom is -0.305 e. The molecule has 1 aliphatic heterocycles. The molecular weight excluding hydrogens is 348 g/mol. The van der Waals surface area contributed by atoms with Crippen molar-refractivity contribution in [3.05, 3.63) is 61.2 Å². The van der Waals surface area contributed by atoms with E-state index in [1.54, 1.807) is 13.0 Å². The second-order valence-electron chi connectivity index (χ2n) is 5.36. The molecule has 0 saturated carbocycles. The summed E-state index contributed by atoms with van der Waals surface area (Å²) in [5.74, 6) is -0.342. The summed E-state index contributed by atoms with van der Waals surface area (Å²) in [7, 11) is 1.51. The molecule has 0 saturated heterocycles. The van der Waals surface area contributed by atoms with Gasteiger partial charge >= 0.3 is 5.00 Å². The van der Waals surface area contributed by atoms with Crippen molar-refractivity contribution in [2.75, 3.05) is 18.5 Å². The van der Waals surface area contributed by atoms with Crippen LogP contribution < -0.4 is 4.90 Å². The van der Waals surface area contributed by atoms with E-state index in [4.69, 9.17) is 0 Å². The Hall–Kier alpha value is -3.14. The number of benzene rings is 1. The van der Waals surface area contributed by atoms with E-state index in [0.717, 1.165) is 11.3 Å². The van der Waals surface area contributed by atoms with Gasteiger partial charge in [-0.3, -0.25) is 30.0 Å². The van der Waals surface area contributed by atoms with Gasteiger partial charge in [-0.15, -0.1) is 0 Å². The van der Waals surface area contributed by atoms with Crippen molar-refractivity contribution in [2.45, 2.75) is 6.92 Å². The lowest BCUT2D eigenvalue weighted by Crippen LogP contribution is -2.26. The number of hydrogen-bond acceptors (Lipinski definition) is 7. The first-order chi connectivity index (χ1) is 11.8. The maximum Gasteiger partial charge on any atom is 0.329 e. The van der Waals surface area contributed by atoms with Crippen LogP contribution in [0.4, 0.5) is 15.7 Å². The molecular formula is C15H12N4O5S. The molecule has 1 aromatic heterocycles. The molecule has 2 aromatic rings. The Morgan fingerprint density at radius 3 is 2.52 bits per heavy atom. The summed E-state index contributed by atoms with van der Waals surface area (Å²) in [4.78, 5) is 39.3. The zero-order chi connectivity index (χ0) is 18.3. The zero-order valence-electron chi connectivity index (χ0n) is 13.3. The van der Waals surface area contributed by atoms with Gasteiger partial charge in [-0.2, -0.15) is 0 Å². The van der Waals surface area contributed by atoms with Crippen molar-refractivity contribution >= 4 is 38.6 Å². The molecule has 1 amide bonds. The van der Waals surface area contributed by atoms with Gasteiger partial charge in [-0.1, -0.05) is 12.1 Å². The van der Waals surface area contributed by atoms with Crippen LogP contribution in [0.5, 0.6) is 0 Å². The van der Waals surface area contributed by atoms with Crippen LogP contribution in [0.3, 0.4) is 0 Å². The van der Waals surface area contributed by atoms with Crippen LogP contribution in [0, 0.1) is 27.2 Å². The molecule has 0 bridgehead atoms. The number of para-hydroxylation sites is 1. The molecule has 10 heteroatoms. The highest BCUT2D eigenvalue weighted by molar-refractivity contribution is 7.20. The largest absolute Gasteiger partial charge is 0.329 e. The molecule has 1 aliphatic rings. The number of rotatable bonds is 3. The van der Waals surface area contributed by atoms with Gasteiger partial charge < -0.3 is 4.90 Å². The van der Waals surface area contributed by atoms with Crippen LogP contribution in [0.25, 0.3) is 0 Å². The third kappa shape index (κ3) is 2.66. The van der Waals surface area contributed by atoms with E-state index in [1.807, 2.05) is 0 Å². The number of nitrogens with zero attached hydrogens (tertiary/aromatic N) is 4. The minimum atomic E-state index is -0.538. The molecule has 1 aromatic carbocycles. The summed E-state index contributed by atoms with van der Waals surface area (Å²) in [5, 5.41) is 22.9. The van der Waals surface area contributed by atoms with Gasteiger partial charge in [0.15, 0.2) is 0 Å². The van der Waals surface area contributed by atoms with Gasteiger partial charge in [-0.05, 0) is 24.3 Å². The van der Waals surface area contributed by atoms with Crippen LogP contribution in [-0.4, -0.2) is 35.1 Å². The van der Waals surface area contributed by atoms with Gasteiger partial charge in [0.2, 0.25) is 5.91 Å². The minimum absolute atomic E-state index is 0.113. The first kappa shape index (κ1) is 16.7. The highest BCUT2D eigenvalue weighted by Crippen LogP contribution is 2.43. The molecule has 0 spiro atoms. The third-order valence-corrected chi connectivity index (χ3v) is 5.23. The number of carbonyl (C=O) groups excluding carboxylic acids is 1. The molecule has 25 heavy (non-hydrogen) atoms. The number of anilines is 1. The van der Waals surface area contributed by atoms with E-state index in [9.17, 15) is 25.0 Å². The number of carbonyl (C=O) groups is 1. The van der Waals surface area contributed by atoms with Crippen LogP contribution >= 0.6 is 11.3 Å². The fourth-order valence-electron chi connectivity index (χ4n) is 2.67. The number of likely N-dealkylation sites (N-methyl/N-ethyl adjacent to an activating group) is 1. The predicted octanol–water partition coefficient (Wildman–Crippen LogP) is 2.69. The summed E-state index contributed by atoms with van der Waals surface area (Å²) < 4.78 is 0. The predicted molar refractivity (Wildman–Crippen MR) is 92.7 cm³/mol. The summed E-state index contributed by atoms with van der Waals surface area (Å²) >= 11 is 0.863. The summed E-state index contributed by atoms with van der Waals surface area (Å²) in [6.45, 7) is 1.37. The monoisotopic (exact) mass is 360 g/mol. The van der Waals surface area contributed by atoms with Crippen molar-refractivity contribution < 1.29 is 14.6 Å². The number of nitro groups is 2. The van der Waals surface area contributed by atoms with Crippen molar-refractivity contribution in [3.8, 4) is 0 Å². The van der Waals surface area contributed by atoms with Crippen LogP contribution in [0.1, 0.15) is 16.7 Å². The van der Waals surface area contributed by atoms with Crippen molar-refractivity contribution in [3.63, 3.8) is 0 Å². The van der Waals surface area contributed by atoms with Crippen molar-refractivity contribution in [1.82, 2.24) is 0 Å². The standard InChI is InChI=1S/C15H12N4O5S/c1-8-12-13(9-5-3-4-6-10(9)18(21)22)16-7-11(20)17(2)15(12)25-14(8)19(23)24/h3-6H,7H2,1-2H3. The SMILES string of the molecule is Cc1c([N+](=O)[O-])sc2c1C(c1ccccc1[N+](=O)[O-])=NCC(=O)N2C. The quantitative estimate of drug-likeness (QED) is 0.616. The lowest BCUT2D eigenvalue weighted by Gasteiger charge is -2.13. The zero-order valence-corrected chi connectivity index (χ0v) is 14.1. The maximum absolute atomic E-state index is 12.2. The van der Waals surface area contributed by atoms with Gasteiger partial charge in [0.1, 0.15) is 11.5 Å². The Balaban J connectivity index is 2.33. The topological polar surface area (TPSA) is 119 Å². The number of hydrogen-bond donors (Lipinski definition) is 0. The molecule has 0 unspecified atom stereocenters. The number of fused-ring (bicyclic) bond motifs is 1. The summed E-state index contributed by atoms with van der Waals surface area (Å²) in [5.41, 5.74) is 1.01. The average Bonchev–Trinajstić information content (AvgIpc) is 2.86. The molecule has 9 nitrogen and oxygen atoms in total. The van der Waals surface area contributed by atoms with Crippen LogP contribution in [-0.2, 0) is 4.79 Å². The van der Waals surface area contributed by atoms with E-state index >= 15 is 0 Å². The van der Waals surface area contributed by atoms with E-state index in [2.05, 4.69) is 4.99 Å². The molecule has 3 rings (SSSR count). The van der Waals surface area contributed by atoms with E-state index in [0.29, 0.717) is 16.1 Å². The Morgan fingerprint density at radius 2 is 1.88 bits per heavy atom. The van der Waals surface area contributed by atoms with Crippen LogP contribution in [0.15, 0.2) is 29.3 Å². The Kier molecular flexibility index (Phi) is 4.05. The van der Waals surface area contributed by atoms with E-state index in [1.165, 1.54) is 30.1 Å². The van der Waals surface area contributed by atoms with E-state index in [-0.39, 0.29) is 34.4 Å². The molecule has 0 atom stereocenters. The maximum atomic E-state index is 12.2. The van der Waals surface area contributed by atoms with Gasteiger partial charge in [0.25, 0.3) is 5.69 Å². The number of aliphatic imine (C=N–C) groups is 1. The second kappa shape index (κ2) is 6.06. The summed E-state index contributed by atoms with van der Waals surface area (Å²) in [6.07, 6.45) is 0. The number of nitro benzene ring substituents is 1. The fraction of sp³-hybridized carbons (Fsp3) is 0.200. The molecule has 0 fully saturated rings. The first-order valence-corrected chi connectivity index (χ1v) is 7.97. The van der Waals surface area contributed by atoms with Gasteiger partial charge in [0.05, 0.1) is 26.7 Å². The highest BCUT2D eigenvalue weighted by Gasteiger charge is 2.34. The van der Waals surface area contributed by atoms with Crippen molar-refractivity contribution in [2.24, 2.45) is 4.99 Å². The average molecular weight is 360 g/mol. The van der Waals surface area contributed by atoms with Crippen molar-refractivity contribution in [1.29, 1.82) is 0 Å². The molecule has 2 heterocycles. The Labute approximate surface area is 145 Å². The normalized spacial score (nSPS) is 13.9. The third-order valence-electron chi connectivity index (χ3n) is 3.91. The smallest absolute Gasteiger partial charge is 0.305 e. The lowest BCUT2D eigenvalue weighted by molar-refractivity contribution is -0.385. The Morgan fingerprint density at radius 1 is 1.20 bits per heavy atom. The fourth-order valence-corrected chi connectivity index (χ4v) is 3.78. The van der Waals surface area contributed by atoms with Gasteiger partial charge in [0, 0.05) is 18.7 Å². The lowest BCUT2D eigenvalue weighted by atomic mass is 9.99. The second-order valence-corrected chi connectivity index (χ2v) is 6.34.